The third-order valence-electron chi connectivity index (χ3n) is 1.25. The number of hydrogen-bond donors (Lipinski definition) is 0. The van der Waals surface area contributed by atoms with Gasteiger partial charge in [0, 0.05) is 0 Å². The molecule has 1 heterocycles. The van der Waals surface area contributed by atoms with Crippen molar-refractivity contribution in [1.29, 1.82) is 0 Å². The SMILES string of the molecule is CC#CC1CC=C(C)S1. The van der Waals surface area contributed by atoms with E-state index in [0.717, 1.165) is 6.42 Å². The predicted octanol–water partition coefficient (Wildman–Crippen LogP) is 2.42. The monoisotopic (exact) mass is 138 g/mol. The van der Waals surface area contributed by atoms with Crippen LogP contribution in [0.2, 0.25) is 0 Å². The van der Waals surface area contributed by atoms with Crippen LogP contribution in [0.3, 0.4) is 0 Å². The molecule has 9 heavy (non-hydrogen) atoms. The van der Waals surface area contributed by atoms with E-state index in [1.54, 1.807) is 0 Å². The van der Waals surface area contributed by atoms with Crippen LogP contribution in [0.1, 0.15) is 20.3 Å². The van der Waals surface area contributed by atoms with E-state index in [4.69, 9.17) is 0 Å². The summed E-state index contributed by atoms with van der Waals surface area (Å²) in [5.41, 5.74) is 0. The van der Waals surface area contributed by atoms with E-state index in [2.05, 4.69) is 24.8 Å². The van der Waals surface area contributed by atoms with Gasteiger partial charge in [0.1, 0.15) is 0 Å². The molecular formula is C8H10S. The van der Waals surface area contributed by atoms with Gasteiger partial charge < -0.3 is 0 Å². The molecule has 0 aromatic carbocycles. The molecule has 0 nitrogen and oxygen atoms in total. The van der Waals surface area contributed by atoms with E-state index in [-0.39, 0.29) is 0 Å². The molecule has 0 fully saturated rings. The minimum Gasteiger partial charge on any atom is -0.114 e. The average Bonchev–Trinajstić information content (AvgIpc) is 2.17. The minimum atomic E-state index is 0.551. The van der Waals surface area contributed by atoms with Gasteiger partial charge in [0.05, 0.1) is 5.25 Å². The molecule has 0 bridgehead atoms. The smallest absolute Gasteiger partial charge is 0.0735 e. The lowest BCUT2D eigenvalue weighted by atomic mass is 10.3. The molecule has 0 saturated heterocycles. The van der Waals surface area contributed by atoms with E-state index in [1.807, 2.05) is 18.7 Å². The summed E-state index contributed by atoms with van der Waals surface area (Å²) >= 11 is 1.88. The van der Waals surface area contributed by atoms with Gasteiger partial charge in [0.15, 0.2) is 0 Å². The van der Waals surface area contributed by atoms with Gasteiger partial charge >= 0.3 is 0 Å². The Bertz CT molecular complexity index is 180. The zero-order chi connectivity index (χ0) is 6.69. The second kappa shape index (κ2) is 2.98. The first kappa shape index (κ1) is 6.77. The van der Waals surface area contributed by atoms with Crippen LogP contribution in [0.25, 0.3) is 0 Å². The highest BCUT2D eigenvalue weighted by atomic mass is 32.2. The maximum atomic E-state index is 3.14. The van der Waals surface area contributed by atoms with Crippen molar-refractivity contribution in [2.75, 3.05) is 0 Å². The first-order valence-corrected chi connectivity index (χ1v) is 3.96. The number of allylic oxidation sites excluding steroid dienone is 2. The standard InChI is InChI=1S/C8H10S/c1-3-4-8-6-5-7(2)9-8/h5,8H,6H2,1-2H3. The summed E-state index contributed by atoms with van der Waals surface area (Å²) < 4.78 is 0. The molecule has 48 valence electrons. The molecule has 0 radical (unpaired) electrons. The molecule has 0 aromatic rings. The van der Waals surface area contributed by atoms with E-state index < -0.39 is 0 Å². The third-order valence-corrected chi connectivity index (χ3v) is 2.39. The average molecular weight is 138 g/mol. The van der Waals surface area contributed by atoms with Crippen molar-refractivity contribution in [2.45, 2.75) is 25.5 Å². The zero-order valence-corrected chi connectivity index (χ0v) is 6.59. The Morgan fingerprint density at radius 1 is 1.78 bits per heavy atom. The van der Waals surface area contributed by atoms with Crippen LogP contribution in [0.4, 0.5) is 0 Å². The molecular weight excluding hydrogens is 128 g/mol. The second-order valence-electron chi connectivity index (χ2n) is 2.05. The fraction of sp³-hybridized carbons (Fsp3) is 0.500. The summed E-state index contributed by atoms with van der Waals surface area (Å²) in [4.78, 5) is 1.42. The molecule has 1 atom stereocenters. The minimum absolute atomic E-state index is 0.551. The van der Waals surface area contributed by atoms with Crippen molar-refractivity contribution in [2.24, 2.45) is 0 Å². The van der Waals surface area contributed by atoms with E-state index >= 15 is 0 Å². The molecule has 0 spiro atoms. The van der Waals surface area contributed by atoms with E-state index in [1.165, 1.54) is 4.91 Å². The molecule has 1 heteroatoms. The summed E-state index contributed by atoms with van der Waals surface area (Å²) in [5.74, 6) is 6.06. The Morgan fingerprint density at radius 3 is 3.00 bits per heavy atom. The Hall–Kier alpha value is -0.350. The molecule has 1 aliphatic rings. The van der Waals surface area contributed by atoms with Crippen LogP contribution in [0.15, 0.2) is 11.0 Å². The van der Waals surface area contributed by atoms with Crippen molar-refractivity contribution < 1.29 is 0 Å². The first-order chi connectivity index (χ1) is 4.33. The van der Waals surface area contributed by atoms with Crippen LogP contribution in [-0.4, -0.2) is 5.25 Å². The Balaban J connectivity index is 2.43. The van der Waals surface area contributed by atoms with Crippen molar-refractivity contribution in [1.82, 2.24) is 0 Å². The summed E-state index contributed by atoms with van der Waals surface area (Å²) in [6.45, 7) is 4.04. The van der Waals surface area contributed by atoms with Crippen LogP contribution in [0.5, 0.6) is 0 Å². The van der Waals surface area contributed by atoms with Gasteiger partial charge in [-0.1, -0.05) is 12.0 Å². The van der Waals surface area contributed by atoms with Crippen molar-refractivity contribution >= 4 is 11.8 Å². The number of hydrogen-bond acceptors (Lipinski definition) is 1. The molecule has 0 amide bonds. The first-order valence-electron chi connectivity index (χ1n) is 3.08. The molecule has 0 aromatic heterocycles. The van der Waals surface area contributed by atoms with Gasteiger partial charge in [0.2, 0.25) is 0 Å². The number of rotatable bonds is 0. The fourth-order valence-electron chi connectivity index (χ4n) is 0.843. The van der Waals surface area contributed by atoms with Crippen LogP contribution in [-0.2, 0) is 0 Å². The van der Waals surface area contributed by atoms with E-state index in [0.29, 0.717) is 5.25 Å². The lowest BCUT2D eigenvalue weighted by Gasteiger charge is -1.95. The molecule has 0 aliphatic carbocycles. The highest BCUT2D eigenvalue weighted by Crippen LogP contribution is 2.30. The summed E-state index contributed by atoms with van der Waals surface area (Å²) in [6, 6.07) is 0. The molecule has 1 aliphatic heterocycles. The van der Waals surface area contributed by atoms with Crippen molar-refractivity contribution in [3.05, 3.63) is 11.0 Å². The highest BCUT2D eigenvalue weighted by Gasteiger charge is 2.10. The van der Waals surface area contributed by atoms with Gasteiger partial charge in [-0.15, -0.1) is 17.7 Å². The predicted molar refractivity (Wildman–Crippen MR) is 43.2 cm³/mol. The van der Waals surface area contributed by atoms with Crippen LogP contribution in [0, 0.1) is 11.8 Å². The largest absolute Gasteiger partial charge is 0.114 e. The van der Waals surface area contributed by atoms with Gasteiger partial charge in [-0.05, 0) is 25.2 Å². The van der Waals surface area contributed by atoms with Crippen molar-refractivity contribution in [3.63, 3.8) is 0 Å². The topological polar surface area (TPSA) is 0 Å². The normalized spacial score (nSPS) is 24.7. The Kier molecular flexibility index (Phi) is 2.24. The lowest BCUT2D eigenvalue weighted by molar-refractivity contribution is 1.13. The number of thioether (sulfide) groups is 1. The highest BCUT2D eigenvalue weighted by molar-refractivity contribution is 8.04. The maximum absolute atomic E-state index is 3.14. The zero-order valence-electron chi connectivity index (χ0n) is 5.77. The van der Waals surface area contributed by atoms with Crippen LogP contribution < -0.4 is 0 Å². The quantitative estimate of drug-likeness (QED) is 0.463. The molecule has 1 rings (SSSR count). The molecule has 1 unspecified atom stereocenters. The van der Waals surface area contributed by atoms with Gasteiger partial charge in [0.25, 0.3) is 0 Å². The fourth-order valence-corrected chi connectivity index (χ4v) is 1.85. The molecule has 0 saturated carbocycles. The second-order valence-corrected chi connectivity index (χ2v) is 3.50. The van der Waals surface area contributed by atoms with Crippen LogP contribution >= 0.6 is 11.8 Å². The Labute approximate surface area is 60.7 Å². The summed E-state index contributed by atoms with van der Waals surface area (Å²) in [6.07, 6.45) is 3.39. The van der Waals surface area contributed by atoms with Gasteiger partial charge in [-0.2, -0.15) is 0 Å². The third kappa shape index (κ3) is 1.80. The van der Waals surface area contributed by atoms with Gasteiger partial charge in [-0.3, -0.25) is 0 Å². The lowest BCUT2D eigenvalue weighted by Crippen LogP contribution is -1.89. The summed E-state index contributed by atoms with van der Waals surface area (Å²) in [7, 11) is 0. The Morgan fingerprint density at radius 2 is 2.56 bits per heavy atom. The molecule has 0 N–H and O–H groups in total. The van der Waals surface area contributed by atoms with E-state index in [9.17, 15) is 0 Å². The van der Waals surface area contributed by atoms with Gasteiger partial charge in [-0.25, -0.2) is 0 Å². The maximum Gasteiger partial charge on any atom is 0.0735 e. The van der Waals surface area contributed by atoms with Crippen molar-refractivity contribution in [3.8, 4) is 11.8 Å². The summed E-state index contributed by atoms with van der Waals surface area (Å²) in [5, 5.41) is 0.551.